The van der Waals surface area contributed by atoms with E-state index in [-0.39, 0.29) is 5.82 Å². The van der Waals surface area contributed by atoms with Gasteiger partial charge in [0.1, 0.15) is 11.6 Å². The molecule has 0 aliphatic heterocycles. The van der Waals surface area contributed by atoms with Crippen molar-refractivity contribution >= 4 is 11.4 Å². The minimum absolute atomic E-state index is 0.228. The monoisotopic (exact) mass is 288 g/mol. The molecule has 0 radical (unpaired) electrons. The van der Waals surface area contributed by atoms with Crippen molar-refractivity contribution in [2.24, 2.45) is 0 Å². The van der Waals surface area contributed by atoms with Crippen molar-refractivity contribution in [1.82, 2.24) is 0 Å². The number of halogens is 1. The summed E-state index contributed by atoms with van der Waals surface area (Å²) in [7, 11) is 0. The van der Waals surface area contributed by atoms with E-state index in [0.29, 0.717) is 18.8 Å². The van der Waals surface area contributed by atoms with Gasteiger partial charge >= 0.3 is 0 Å². The molecule has 4 heteroatoms. The summed E-state index contributed by atoms with van der Waals surface area (Å²) in [6.45, 7) is 6.11. The normalized spacial score (nSPS) is 10.4. The van der Waals surface area contributed by atoms with Gasteiger partial charge in [-0.1, -0.05) is 0 Å². The molecule has 2 aromatic rings. The molecule has 2 N–H and O–H groups in total. The molecule has 2 aromatic carbocycles. The highest BCUT2D eigenvalue weighted by Gasteiger charge is 2.10. The summed E-state index contributed by atoms with van der Waals surface area (Å²) in [5, 5.41) is 0. The van der Waals surface area contributed by atoms with E-state index in [2.05, 4.69) is 11.8 Å². The molecule has 0 aliphatic carbocycles. The zero-order valence-electron chi connectivity index (χ0n) is 12.5. The minimum atomic E-state index is -0.228. The SMILES string of the molecule is CCOc1ccc(N)cc1CN(CC)c1ccc(F)cc1. The summed E-state index contributed by atoms with van der Waals surface area (Å²) in [6, 6.07) is 12.2. The lowest BCUT2D eigenvalue weighted by Gasteiger charge is -2.24. The van der Waals surface area contributed by atoms with Gasteiger partial charge in [0.15, 0.2) is 0 Å². The number of hydrogen-bond donors (Lipinski definition) is 1. The van der Waals surface area contributed by atoms with Crippen LogP contribution in [0.25, 0.3) is 0 Å². The van der Waals surface area contributed by atoms with Gasteiger partial charge in [-0.25, -0.2) is 4.39 Å². The number of nitrogens with two attached hydrogens (primary N) is 1. The molecule has 0 saturated heterocycles. The molecular formula is C17H21FN2O. The van der Waals surface area contributed by atoms with Gasteiger partial charge < -0.3 is 15.4 Å². The lowest BCUT2D eigenvalue weighted by Crippen LogP contribution is -2.22. The van der Waals surface area contributed by atoms with Gasteiger partial charge in [0, 0.05) is 30.0 Å². The first-order valence-corrected chi connectivity index (χ1v) is 7.15. The van der Waals surface area contributed by atoms with E-state index in [4.69, 9.17) is 10.5 Å². The smallest absolute Gasteiger partial charge is 0.124 e. The third-order valence-electron chi connectivity index (χ3n) is 3.32. The molecule has 0 atom stereocenters. The summed E-state index contributed by atoms with van der Waals surface area (Å²) in [6.07, 6.45) is 0. The Kier molecular flexibility index (Phi) is 5.04. The van der Waals surface area contributed by atoms with E-state index >= 15 is 0 Å². The topological polar surface area (TPSA) is 38.5 Å². The quantitative estimate of drug-likeness (QED) is 0.821. The van der Waals surface area contributed by atoms with Crippen LogP contribution in [-0.4, -0.2) is 13.2 Å². The molecule has 0 heterocycles. The number of nitrogens with zero attached hydrogens (tertiary/aromatic N) is 1. The molecule has 0 aromatic heterocycles. The predicted molar refractivity (Wildman–Crippen MR) is 85.1 cm³/mol. The molecule has 21 heavy (non-hydrogen) atoms. The molecule has 0 saturated carbocycles. The number of ether oxygens (including phenoxy) is 1. The Morgan fingerprint density at radius 1 is 1.10 bits per heavy atom. The third kappa shape index (κ3) is 3.88. The van der Waals surface area contributed by atoms with Crippen molar-refractivity contribution < 1.29 is 9.13 Å². The van der Waals surface area contributed by atoms with Gasteiger partial charge in [-0.15, -0.1) is 0 Å². The molecule has 3 nitrogen and oxygen atoms in total. The number of rotatable bonds is 6. The van der Waals surface area contributed by atoms with Gasteiger partial charge in [-0.2, -0.15) is 0 Å². The van der Waals surface area contributed by atoms with E-state index in [0.717, 1.165) is 23.5 Å². The van der Waals surface area contributed by atoms with E-state index in [1.807, 2.05) is 25.1 Å². The molecule has 0 aliphatic rings. The zero-order valence-corrected chi connectivity index (χ0v) is 12.5. The standard InChI is InChI=1S/C17H21FN2O/c1-3-20(16-8-5-14(18)6-9-16)12-13-11-15(19)7-10-17(13)21-4-2/h5-11H,3-4,12,19H2,1-2H3. The summed E-state index contributed by atoms with van der Waals surface area (Å²) < 4.78 is 18.7. The highest BCUT2D eigenvalue weighted by atomic mass is 19.1. The fourth-order valence-electron chi connectivity index (χ4n) is 2.26. The largest absolute Gasteiger partial charge is 0.494 e. The summed E-state index contributed by atoms with van der Waals surface area (Å²) in [5.74, 6) is 0.612. The van der Waals surface area contributed by atoms with E-state index in [1.165, 1.54) is 12.1 Å². The van der Waals surface area contributed by atoms with E-state index in [9.17, 15) is 4.39 Å². The molecule has 0 bridgehead atoms. The van der Waals surface area contributed by atoms with Crippen LogP contribution in [-0.2, 0) is 6.54 Å². The second-order valence-electron chi connectivity index (χ2n) is 4.79. The lowest BCUT2D eigenvalue weighted by molar-refractivity contribution is 0.336. The number of benzene rings is 2. The van der Waals surface area contributed by atoms with Crippen molar-refractivity contribution in [3.63, 3.8) is 0 Å². The van der Waals surface area contributed by atoms with E-state index in [1.54, 1.807) is 12.1 Å². The van der Waals surface area contributed by atoms with Crippen molar-refractivity contribution in [2.45, 2.75) is 20.4 Å². The fraction of sp³-hybridized carbons (Fsp3) is 0.294. The number of anilines is 2. The average Bonchev–Trinajstić information content (AvgIpc) is 2.48. The van der Waals surface area contributed by atoms with Crippen LogP contribution < -0.4 is 15.4 Å². The first-order chi connectivity index (χ1) is 10.1. The number of nitrogen functional groups attached to an aromatic ring is 1. The molecular weight excluding hydrogens is 267 g/mol. The van der Waals surface area contributed by atoms with Crippen LogP contribution in [0, 0.1) is 5.82 Å². The van der Waals surface area contributed by atoms with Crippen LogP contribution >= 0.6 is 0 Å². The molecule has 112 valence electrons. The molecule has 0 unspecified atom stereocenters. The maximum absolute atomic E-state index is 13.0. The Bertz CT molecular complexity index is 584. The van der Waals surface area contributed by atoms with Crippen molar-refractivity contribution in [3.05, 3.63) is 53.8 Å². The maximum atomic E-state index is 13.0. The lowest BCUT2D eigenvalue weighted by atomic mass is 10.1. The highest BCUT2D eigenvalue weighted by Crippen LogP contribution is 2.25. The molecule has 2 rings (SSSR count). The van der Waals surface area contributed by atoms with Crippen molar-refractivity contribution in [3.8, 4) is 5.75 Å². The average molecular weight is 288 g/mol. The fourth-order valence-corrected chi connectivity index (χ4v) is 2.26. The van der Waals surface area contributed by atoms with Gasteiger partial charge in [0.25, 0.3) is 0 Å². The van der Waals surface area contributed by atoms with Crippen LogP contribution in [0.4, 0.5) is 15.8 Å². The van der Waals surface area contributed by atoms with Crippen LogP contribution in [0.15, 0.2) is 42.5 Å². The van der Waals surface area contributed by atoms with Gasteiger partial charge in [-0.3, -0.25) is 0 Å². The molecule has 0 fully saturated rings. The Morgan fingerprint density at radius 3 is 2.43 bits per heavy atom. The Labute approximate surface area is 125 Å². The van der Waals surface area contributed by atoms with Crippen LogP contribution in [0.2, 0.25) is 0 Å². The van der Waals surface area contributed by atoms with Gasteiger partial charge in [0.05, 0.1) is 6.61 Å². The molecule has 0 spiro atoms. The number of hydrogen-bond acceptors (Lipinski definition) is 3. The summed E-state index contributed by atoms with van der Waals surface area (Å²) in [4.78, 5) is 2.15. The van der Waals surface area contributed by atoms with Crippen LogP contribution in [0.5, 0.6) is 5.75 Å². The first kappa shape index (κ1) is 15.2. The Hall–Kier alpha value is -2.23. The third-order valence-corrected chi connectivity index (χ3v) is 3.32. The summed E-state index contributed by atoms with van der Waals surface area (Å²) >= 11 is 0. The minimum Gasteiger partial charge on any atom is -0.494 e. The highest BCUT2D eigenvalue weighted by molar-refractivity contribution is 5.52. The Balaban J connectivity index is 2.25. The van der Waals surface area contributed by atoms with Crippen molar-refractivity contribution in [2.75, 3.05) is 23.8 Å². The zero-order chi connectivity index (χ0) is 15.2. The maximum Gasteiger partial charge on any atom is 0.124 e. The van der Waals surface area contributed by atoms with Crippen molar-refractivity contribution in [1.29, 1.82) is 0 Å². The summed E-state index contributed by atoms with van der Waals surface area (Å²) in [5.41, 5.74) is 8.59. The van der Waals surface area contributed by atoms with Crippen LogP contribution in [0.3, 0.4) is 0 Å². The second kappa shape index (κ2) is 6.97. The van der Waals surface area contributed by atoms with Gasteiger partial charge in [0.2, 0.25) is 0 Å². The first-order valence-electron chi connectivity index (χ1n) is 7.15. The van der Waals surface area contributed by atoms with E-state index < -0.39 is 0 Å². The van der Waals surface area contributed by atoms with Gasteiger partial charge in [-0.05, 0) is 56.3 Å². The predicted octanol–water partition coefficient (Wildman–Crippen LogP) is 3.83. The second-order valence-corrected chi connectivity index (χ2v) is 4.79. The van der Waals surface area contributed by atoms with Crippen LogP contribution in [0.1, 0.15) is 19.4 Å². The molecule has 0 amide bonds. The Morgan fingerprint density at radius 2 is 1.81 bits per heavy atom.